The Hall–Kier alpha value is -3.11. The van der Waals surface area contributed by atoms with Gasteiger partial charge >= 0.3 is 0 Å². The summed E-state index contributed by atoms with van der Waals surface area (Å²) in [6.07, 6.45) is 4.50. The van der Waals surface area contributed by atoms with Crippen molar-refractivity contribution in [2.75, 3.05) is 18.2 Å². The van der Waals surface area contributed by atoms with Gasteiger partial charge in [0.15, 0.2) is 11.0 Å². The van der Waals surface area contributed by atoms with E-state index in [0.29, 0.717) is 33.8 Å². The van der Waals surface area contributed by atoms with Crippen molar-refractivity contribution in [3.05, 3.63) is 52.9 Å². The topological polar surface area (TPSA) is 112 Å². The molecule has 0 spiro atoms. The number of amides is 2. The second-order valence-corrected chi connectivity index (χ2v) is 9.22. The zero-order chi connectivity index (χ0) is 22.7. The van der Waals surface area contributed by atoms with Crippen molar-refractivity contribution in [3.63, 3.8) is 0 Å². The summed E-state index contributed by atoms with van der Waals surface area (Å²) in [5, 5.41) is 12.6. The molecule has 2 aromatic heterocycles. The second-order valence-electron chi connectivity index (χ2n) is 7.17. The SMILES string of the molecule is C=CCn1c(SCC(=O)Nc2sc3c(c2C(N)=O)CCC3)nnc1-c1ccccc1OC. The Morgan fingerprint density at radius 1 is 1.34 bits per heavy atom. The predicted octanol–water partition coefficient (Wildman–Crippen LogP) is 3.52. The van der Waals surface area contributed by atoms with E-state index in [1.807, 2.05) is 28.8 Å². The van der Waals surface area contributed by atoms with Gasteiger partial charge in [-0.2, -0.15) is 0 Å². The van der Waals surface area contributed by atoms with E-state index in [0.717, 1.165) is 35.3 Å². The van der Waals surface area contributed by atoms with E-state index in [9.17, 15) is 9.59 Å². The fraction of sp³-hybridized carbons (Fsp3) is 0.273. The van der Waals surface area contributed by atoms with Gasteiger partial charge in [0.25, 0.3) is 5.91 Å². The van der Waals surface area contributed by atoms with Crippen LogP contribution >= 0.6 is 23.1 Å². The summed E-state index contributed by atoms with van der Waals surface area (Å²) in [4.78, 5) is 25.7. The molecular formula is C22H23N5O3S2. The first-order chi connectivity index (χ1) is 15.5. The molecule has 0 saturated heterocycles. The Kier molecular flexibility index (Phi) is 6.61. The molecule has 0 unspecified atom stereocenters. The van der Waals surface area contributed by atoms with E-state index >= 15 is 0 Å². The monoisotopic (exact) mass is 469 g/mol. The Balaban J connectivity index is 1.51. The number of hydrogen-bond donors (Lipinski definition) is 2. The predicted molar refractivity (Wildman–Crippen MR) is 126 cm³/mol. The maximum atomic E-state index is 12.7. The number of benzene rings is 1. The molecule has 8 nitrogen and oxygen atoms in total. The van der Waals surface area contributed by atoms with Crippen molar-refractivity contribution in [2.45, 2.75) is 31.0 Å². The number of nitrogens with two attached hydrogens (primary N) is 1. The maximum absolute atomic E-state index is 12.7. The number of carbonyl (C=O) groups is 2. The summed E-state index contributed by atoms with van der Waals surface area (Å²) >= 11 is 2.71. The fourth-order valence-corrected chi connectivity index (χ4v) is 5.82. The first-order valence-electron chi connectivity index (χ1n) is 10.1. The molecule has 0 bridgehead atoms. The molecule has 1 aliphatic rings. The number of hydrogen-bond acceptors (Lipinski definition) is 7. The van der Waals surface area contributed by atoms with Crippen LogP contribution in [0.5, 0.6) is 5.75 Å². The molecule has 1 aromatic carbocycles. The van der Waals surface area contributed by atoms with Crippen molar-refractivity contribution in [3.8, 4) is 17.1 Å². The maximum Gasteiger partial charge on any atom is 0.251 e. The van der Waals surface area contributed by atoms with Gasteiger partial charge in [0.1, 0.15) is 10.8 Å². The summed E-state index contributed by atoms with van der Waals surface area (Å²) in [6, 6.07) is 7.55. The van der Waals surface area contributed by atoms with Gasteiger partial charge in [-0.15, -0.1) is 28.1 Å². The van der Waals surface area contributed by atoms with E-state index in [1.165, 1.54) is 23.1 Å². The lowest BCUT2D eigenvalue weighted by molar-refractivity contribution is -0.113. The van der Waals surface area contributed by atoms with Crippen molar-refractivity contribution in [2.24, 2.45) is 5.73 Å². The molecule has 0 atom stereocenters. The molecule has 0 aliphatic heterocycles. The minimum atomic E-state index is -0.500. The summed E-state index contributed by atoms with van der Waals surface area (Å²) in [5.74, 6) is 0.700. The molecule has 3 N–H and O–H groups in total. The number of aromatic nitrogens is 3. The quantitative estimate of drug-likeness (QED) is 0.366. The Morgan fingerprint density at radius 3 is 2.91 bits per heavy atom. The number of allylic oxidation sites excluding steroid dienone is 1. The number of thioether (sulfide) groups is 1. The van der Waals surface area contributed by atoms with E-state index in [-0.39, 0.29) is 11.7 Å². The zero-order valence-corrected chi connectivity index (χ0v) is 19.2. The van der Waals surface area contributed by atoms with Gasteiger partial charge in [-0.1, -0.05) is 30.0 Å². The van der Waals surface area contributed by atoms with Gasteiger partial charge in [0.2, 0.25) is 5.91 Å². The first kappa shape index (κ1) is 22.1. The molecule has 10 heteroatoms. The standard InChI is InChI=1S/C22H23N5O3S2/c1-3-11-27-20(13-7-4-5-9-15(13)30-2)25-26-22(27)31-12-17(28)24-21-18(19(23)29)14-8-6-10-16(14)32-21/h3-5,7,9H,1,6,8,10-12H2,2H3,(H2,23,29)(H,24,28). The number of carbonyl (C=O) groups excluding carboxylic acids is 2. The smallest absolute Gasteiger partial charge is 0.251 e. The number of rotatable bonds is 9. The van der Waals surface area contributed by atoms with E-state index in [1.54, 1.807) is 13.2 Å². The highest BCUT2D eigenvalue weighted by Crippen LogP contribution is 2.39. The van der Waals surface area contributed by atoms with Crippen molar-refractivity contribution in [1.29, 1.82) is 0 Å². The zero-order valence-electron chi connectivity index (χ0n) is 17.6. The summed E-state index contributed by atoms with van der Waals surface area (Å²) in [6.45, 7) is 4.30. The number of methoxy groups -OCH3 is 1. The molecule has 2 amide bonds. The van der Waals surface area contributed by atoms with Crippen LogP contribution in [0.3, 0.4) is 0 Å². The van der Waals surface area contributed by atoms with Crippen LogP contribution in [0.4, 0.5) is 5.00 Å². The molecule has 166 valence electrons. The van der Waals surface area contributed by atoms with Crippen LogP contribution in [0.1, 0.15) is 27.2 Å². The van der Waals surface area contributed by atoms with Gasteiger partial charge in [0.05, 0.1) is 24.0 Å². The molecule has 2 heterocycles. The molecule has 4 rings (SSSR count). The van der Waals surface area contributed by atoms with E-state index < -0.39 is 5.91 Å². The number of para-hydroxylation sites is 1. The minimum absolute atomic E-state index is 0.113. The van der Waals surface area contributed by atoms with Crippen LogP contribution in [0.25, 0.3) is 11.4 Å². The minimum Gasteiger partial charge on any atom is -0.496 e. The van der Waals surface area contributed by atoms with Crippen LogP contribution in [0.15, 0.2) is 42.1 Å². The first-order valence-corrected chi connectivity index (χ1v) is 11.9. The third kappa shape index (κ3) is 4.28. The van der Waals surface area contributed by atoms with Crippen molar-refractivity contribution >= 4 is 39.9 Å². The number of nitrogens with zero attached hydrogens (tertiary/aromatic N) is 3. The average Bonchev–Trinajstić information content (AvgIpc) is 3.47. The molecule has 0 fully saturated rings. The number of fused-ring (bicyclic) bond motifs is 1. The van der Waals surface area contributed by atoms with Crippen LogP contribution in [-0.4, -0.2) is 39.4 Å². The number of ether oxygens (including phenoxy) is 1. The lowest BCUT2D eigenvalue weighted by Gasteiger charge is -2.10. The largest absolute Gasteiger partial charge is 0.496 e. The molecule has 0 saturated carbocycles. The Morgan fingerprint density at radius 2 is 2.16 bits per heavy atom. The van der Waals surface area contributed by atoms with Gasteiger partial charge < -0.3 is 15.8 Å². The lowest BCUT2D eigenvalue weighted by Crippen LogP contribution is -2.19. The summed E-state index contributed by atoms with van der Waals surface area (Å²) in [7, 11) is 1.60. The third-order valence-corrected chi connectivity index (χ3v) is 7.30. The van der Waals surface area contributed by atoms with Crippen molar-refractivity contribution in [1.82, 2.24) is 14.8 Å². The fourth-order valence-electron chi connectivity index (χ4n) is 3.76. The van der Waals surface area contributed by atoms with Gasteiger partial charge in [-0.25, -0.2) is 0 Å². The second kappa shape index (κ2) is 9.58. The van der Waals surface area contributed by atoms with Gasteiger partial charge in [-0.3, -0.25) is 14.2 Å². The van der Waals surface area contributed by atoms with Crippen LogP contribution < -0.4 is 15.8 Å². The molecule has 3 aromatic rings. The summed E-state index contributed by atoms with van der Waals surface area (Å²) in [5.41, 5.74) is 7.82. The van der Waals surface area contributed by atoms with Gasteiger partial charge in [-0.05, 0) is 37.0 Å². The van der Waals surface area contributed by atoms with Crippen molar-refractivity contribution < 1.29 is 14.3 Å². The number of thiophene rings is 1. The molecule has 32 heavy (non-hydrogen) atoms. The Labute approximate surface area is 193 Å². The van der Waals surface area contributed by atoms with E-state index in [4.69, 9.17) is 10.5 Å². The van der Waals surface area contributed by atoms with Crippen LogP contribution in [0.2, 0.25) is 0 Å². The number of primary amides is 1. The normalized spacial score (nSPS) is 12.4. The third-order valence-electron chi connectivity index (χ3n) is 5.13. The highest BCUT2D eigenvalue weighted by molar-refractivity contribution is 7.99. The molecule has 0 radical (unpaired) electrons. The van der Waals surface area contributed by atoms with Crippen LogP contribution in [0, 0.1) is 0 Å². The lowest BCUT2D eigenvalue weighted by atomic mass is 10.1. The van der Waals surface area contributed by atoms with Gasteiger partial charge in [0, 0.05) is 11.4 Å². The highest BCUT2D eigenvalue weighted by Gasteiger charge is 2.26. The number of nitrogens with one attached hydrogen (secondary N) is 1. The highest BCUT2D eigenvalue weighted by atomic mass is 32.2. The number of aryl methyl sites for hydroxylation is 1. The molecule has 1 aliphatic carbocycles. The summed E-state index contributed by atoms with van der Waals surface area (Å²) < 4.78 is 7.33. The molecular weight excluding hydrogens is 446 g/mol. The number of anilines is 1. The average molecular weight is 470 g/mol. The van der Waals surface area contributed by atoms with Crippen LogP contribution in [-0.2, 0) is 24.2 Å². The Bertz CT molecular complexity index is 1180. The van der Waals surface area contributed by atoms with E-state index in [2.05, 4.69) is 22.1 Å².